The average Bonchev–Trinajstić information content (AvgIpc) is 2.16. The highest BCUT2D eigenvalue weighted by molar-refractivity contribution is 5.38. The number of hydrogen-bond donors (Lipinski definition) is 1. The predicted octanol–water partition coefficient (Wildman–Crippen LogP) is 3.53. The van der Waals surface area contributed by atoms with Crippen molar-refractivity contribution in [3.8, 4) is 0 Å². The van der Waals surface area contributed by atoms with E-state index in [1.165, 1.54) is 16.7 Å². The smallest absolute Gasteiger partial charge is 0.00216 e. The van der Waals surface area contributed by atoms with Gasteiger partial charge in [0.25, 0.3) is 0 Å². The Labute approximate surface area is 100 Å². The third kappa shape index (κ3) is 2.65. The van der Waals surface area contributed by atoms with Gasteiger partial charge in [0.1, 0.15) is 0 Å². The summed E-state index contributed by atoms with van der Waals surface area (Å²) in [6.45, 7) is 14.0. The van der Waals surface area contributed by atoms with Crippen LogP contribution in [-0.4, -0.2) is 6.54 Å². The van der Waals surface area contributed by atoms with E-state index in [2.05, 4.69) is 59.7 Å². The Kier molecular flexibility index (Phi) is 3.49. The van der Waals surface area contributed by atoms with Gasteiger partial charge in [-0.2, -0.15) is 0 Å². The van der Waals surface area contributed by atoms with Crippen LogP contribution < -0.4 is 5.73 Å². The lowest BCUT2D eigenvalue weighted by Crippen LogP contribution is -2.29. The second-order valence-corrected chi connectivity index (χ2v) is 6.37. The van der Waals surface area contributed by atoms with Crippen LogP contribution in [0.3, 0.4) is 0 Å². The van der Waals surface area contributed by atoms with E-state index in [0.717, 1.165) is 0 Å². The van der Waals surface area contributed by atoms with Crippen LogP contribution in [0.5, 0.6) is 0 Å². The van der Waals surface area contributed by atoms with Crippen LogP contribution in [0.4, 0.5) is 0 Å². The molecule has 1 nitrogen and oxygen atoms in total. The van der Waals surface area contributed by atoms with Gasteiger partial charge in [-0.05, 0) is 29.0 Å². The number of aryl methyl sites for hydroxylation is 1. The summed E-state index contributed by atoms with van der Waals surface area (Å²) in [6, 6.07) is 6.77. The second kappa shape index (κ2) is 4.21. The van der Waals surface area contributed by atoms with Crippen LogP contribution in [-0.2, 0) is 10.8 Å². The summed E-state index contributed by atoms with van der Waals surface area (Å²) < 4.78 is 0. The lowest BCUT2D eigenvalue weighted by Gasteiger charge is -2.27. The highest BCUT2D eigenvalue weighted by atomic mass is 14.6. The Hall–Kier alpha value is -0.820. The molecule has 0 radical (unpaired) electrons. The van der Waals surface area contributed by atoms with Gasteiger partial charge in [-0.3, -0.25) is 0 Å². The molecule has 0 aromatic heterocycles. The molecule has 90 valence electrons. The number of hydrogen-bond acceptors (Lipinski definition) is 1. The van der Waals surface area contributed by atoms with Crippen molar-refractivity contribution < 1.29 is 0 Å². The molecule has 1 aromatic carbocycles. The van der Waals surface area contributed by atoms with Gasteiger partial charge in [0, 0.05) is 12.0 Å². The first-order valence-corrected chi connectivity index (χ1v) is 6.00. The molecule has 1 aromatic rings. The standard InChI is InChI=1S/C15H25N/c1-11-9-12(14(2,3)4)7-8-13(11)15(5,6)10-16/h7-9H,10,16H2,1-6H3. The Morgan fingerprint density at radius 1 is 1.06 bits per heavy atom. The van der Waals surface area contributed by atoms with Crippen molar-refractivity contribution in [1.82, 2.24) is 0 Å². The fourth-order valence-electron chi connectivity index (χ4n) is 2.00. The minimum absolute atomic E-state index is 0.0699. The molecular formula is C15H25N. The van der Waals surface area contributed by atoms with E-state index in [4.69, 9.17) is 5.73 Å². The second-order valence-electron chi connectivity index (χ2n) is 6.37. The molecule has 2 N–H and O–H groups in total. The van der Waals surface area contributed by atoms with E-state index in [1.54, 1.807) is 0 Å². The summed E-state index contributed by atoms with van der Waals surface area (Å²) in [6.07, 6.45) is 0. The van der Waals surface area contributed by atoms with Crippen LogP contribution in [0.15, 0.2) is 18.2 Å². The lowest BCUT2D eigenvalue weighted by atomic mass is 9.79. The molecule has 0 aliphatic rings. The zero-order valence-corrected chi connectivity index (χ0v) is 11.5. The van der Waals surface area contributed by atoms with Crippen LogP contribution >= 0.6 is 0 Å². The zero-order valence-electron chi connectivity index (χ0n) is 11.5. The molecule has 16 heavy (non-hydrogen) atoms. The first-order valence-electron chi connectivity index (χ1n) is 6.00. The van der Waals surface area contributed by atoms with Crippen molar-refractivity contribution in [2.45, 2.75) is 52.4 Å². The predicted molar refractivity (Wildman–Crippen MR) is 72.0 cm³/mol. The molecule has 0 fully saturated rings. The summed E-state index contributed by atoms with van der Waals surface area (Å²) in [5.41, 5.74) is 10.2. The van der Waals surface area contributed by atoms with E-state index in [9.17, 15) is 0 Å². The number of rotatable bonds is 2. The average molecular weight is 219 g/mol. The van der Waals surface area contributed by atoms with Gasteiger partial charge < -0.3 is 5.73 Å². The van der Waals surface area contributed by atoms with E-state index in [1.807, 2.05) is 0 Å². The molecule has 0 amide bonds. The molecule has 1 heteroatoms. The van der Waals surface area contributed by atoms with E-state index in [-0.39, 0.29) is 10.8 Å². The molecule has 0 spiro atoms. The Morgan fingerprint density at radius 2 is 1.62 bits per heavy atom. The molecule has 0 saturated carbocycles. The van der Waals surface area contributed by atoms with Gasteiger partial charge in [-0.1, -0.05) is 52.8 Å². The monoisotopic (exact) mass is 219 g/mol. The molecule has 0 unspecified atom stereocenters. The van der Waals surface area contributed by atoms with E-state index < -0.39 is 0 Å². The highest BCUT2D eigenvalue weighted by Gasteiger charge is 2.22. The maximum atomic E-state index is 5.83. The van der Waals surface area contributed by atoms with Gasteiger partial charge in [-0.15, -0.1) is 0 Å². The maximum Gasteiger partial charge on any atom is 0.00216 e. The third-order valence-corrected chi connectivity index (χ3v) is 3.33. The Bertz CT molecular complexity index is 370. The summed E-state index contributed by atoms with van der Waals surface area (Å²) in [7, 11) is 0. The van der Waals surface area contributed by atoms with Crippen molar-refractivity contribution in [2.24, 2.45) is 5.73 Å². The van der Waals surface area contributed by atoms with Crippen molar-refractivity contribution >= 4 is 0 Å². The first kappa shape index (κ1) is 13.2. The van der Waals surface area contributed by atoms with Gasteiger partial charge in [0.2, 0.25) is 0 Å². The Morgan fingerprint density at radius 3 is 2.00 bits per heavy atom. The fraction of sp³-hybridized carbons (Fsp3) is 0.600. The van der Waals surface area contributed by atoms with Crippen LogP contribution in [0.2, 0.25) is 0 Å². The van der Waals surface area contributed by atoms with Crippen molar-refractivity contribution in [2.75, 3.05) is 6.54 Å². The van der Waals surface area contributed by atoms with E-state index >= 15 is 0 Å². The molecule has 0 aliphatic heterocycles. The van der Waals surface area contributed by atoms with Gasteiger partial charge in [-0.25, -0.2) is 0 Å². The molecular weight excluding hydrogens is 194 g/mol. The number of benzene rings is 1. The summed E-state index contributed by atoms with van der Waals surface area (Å²) in [5.74, 6) is 0. The third-order valence-electron chi connectivity index (χ3n) is 3.33. The Balaban J connectivity index is 3.20. The molecule has 0 bridgehead atoms. The topological polar surface area (TPSA) is 26.0 Å². The van der Waals surface area contributed by atoms with Crippen LogP contribution in [0, 0.1) is 6.92 Å². The summed E-state index contributed by atoms with van der Waals surface area (Å²) >= 11 is 0. The molecule has 0 aliphatic carbocycles. The molecule has 0 saturated heterocycles. The SMILES string of the molecule is Cc1cc(C(C)(C)C)ccc1C(C)(C)CN. The number of nitrogens with two attached hydrogens (primary N) is 1. The highest BCUT2D eigenvalue weighted by Crippen LogP contribution is 2.29. The fourth-order valence-corrected chi connectivity index (χ4v) is 2.00. The summed E-state index contributed by atoms with van der Waals surface area (Å²) in [5, 5.41) is 0. The minimum atomic E-state index is 0.0699. The van der Waals surface area contributed by atoms with Gasteiger partial charge in [0.15, 0.2) is 0 Å². The van der Waals surface area contributed by atoms with Crippen molar-refractivity contribution in [1.29, 1.82) is 0 Å². The molecule has 1 rings (SSSR count). The zero-order chi connectivity index (χ0) is 12.6. The largest absolute Gasteiger partial charge is 0.330 e. The quantitative estimate of drug-likeness (QED) is 0.809. The molecule has 0 atom stereocenters. The minimum Gasteiger partial charge on any atom is -0.330 e. The summed E-state index contributed by atoms with van der Waals surface area (Å²) in [4.78, 5) is 0. The molecule has 0 heterocycles. The van der Waals surface area contributed by atoms with Crippen molar-refractivity contribution in [3.05, 3.63) is 34.9 Å². The maximum absolute atomic E-state index is 5.83. The first-order chi connectivity index (χ1) is 7.18. The van der Waals surface area contributed by atoms with Gasteiger partial charge in [0.05, 0.1) is 0 Å². The van der Waals surface area contributed by atoms with E-state index in [0.29, 0.717) is 6.54 Å². The van der Waals surface area contributed by atoms with Crippen LogP contribution in [0.25, 0.3) is 0 Å². The van der Waals surface area contributed by atoms with Gasteiger partial charge >= 0.3 is 0 Å². The lowest BCUT2D eigenvalue weighted by molar-refractivity contribution is 0.533. The van der Waals surface area contributed by atoms with Crippen molar-refractivity contribution in [3.63, 3.8) is 0 Å². The van der Waals surface area contributed by atoms with Crippen LogP contribution in [0.1, 0.15) is 51.3 Å². The normalized spacial score (nSPS) is 12.9.